The lowest BCUT2D eigenvalue weighted by molar-refractivity contribution is 0.349. The summed E-state index contributed by atoms with van der Waals surface area (Å²) in [5.74, 6) is 1.81. The molecule has 0 aromatic heterocycles. The van der Waals surface area contributed by atoms with Gasteiger partial charge in [0.15, 0.2) is 0 Å². The van der Waals surface area contributed by atoms with Crippen molar-refractivity contribution in [3.8, 4) is 5.75 Å². The fraction of sp³-hybridized carbons (Fsp3) is 0.684. The number of ether oxygens (including phenoxy) is 1. The van der Waals surface area contributed by atoms with Crippen molar-refractivity contribution in [1.29, 1.82) is 0 Å². The smallest absolute Gasteiger partial charge is 0.118 e. The molecule has 1 rings (SSSR count). The Morgan fingerprint density at radius 2 is 1.81 bits per heavy atom. The quantitative estimate of drug-likeness (QED) is 0.631. The van der Waals surface area contributed by atoms with Crippen LogP contribution in [0.15, 0.2) is 24.3 Å². The Bertz CT molecular complexity index is 360. The van der Waals surface area contributed by atoms with Crippen molar-refractivity contribution in [3.05, 3.63) is 29.8 Å². The number of benzene rings is 1. The predicted octanol–water partition coefficient (Wildman–Crippen LogP) is 4.82. The average Bonchev–Trinajstić information content (AvgIpc) is 2.54. The van der Waals surface area contributed by atoms with Gasteiger partial charge in [0.25, 0.3) is 0 Å². The minimum Gasteiger partial charge on any atom is -0.497 e. The molecule has 0 spiro atoms. The average molecular weight is 291 g/mol. The van der Waals surface area contributed by atoms with Gasteiger partial charge in [0, 0.05) is 6.04 Å². The van der Waals surface area contributed by atoms with Crippen LogP contribution in [0.1, 0.15) is 57.9 Å². The predicted molar refractivity (Wildman–Crippen MR) is 92.1 cm³/mol. The van der Waals surface area contributed by atoms with Gasteiger partial charge in [-0.1, -0.05) is 51.7 Å². The van der Waals surface area contributed by atoms with Gasteiger partial charge in [-0.2, -0.15) is 0 Å². The largest absolute Gasteiger partial charge is 0.497 e. The number of hydrogen-bond acceptors (Lipinski definition) is 2. The molecule has 0 aliphatic rings. The van der Waals surface area contributed by atoms with Crippen LogP contribution in [0.5, 0.6) is 5.75 Å². The van der Waals surface area contributed by atoms with Gasteiger partial charge in [0.2, 0.25) is 0 Å². The minimum absolute atomic E-state index is 0.633. The standard InChI is InChI=1S/C19H33NO/c1-5-7-8-16(6-2)15-18(20-3)12-9-17-10-13-19(21-4)14-11-17/h10-11,13-14,16,18,20H,5-9,12,15H2,1-4H3. The number of hydrogen-bond donors (Lipinski definition) is 1. The van der Waals surface area contributed by atoms with Gasteiger partial charge in [0.1, 0.15) is 5.75 Å². The number of nitrogens with one attached hydrogen (secondary N) is 1. The van der Waals surface area contributed by atoms with Crippen molar-refractivity contribution >= 4 is 0 Å². The van der Waals surface area contributed by atoms with Gasteiger partial charge in [-0.3, -0.25) is 0 Å². The van der Waals surface area contributed by atoms with Gasteiger partial charge < -0.3 is 10.1 Å². The SMILES string of the molecule is CCCCC(CC)CC(CCc1ccc(OC)cc1)NC. The van der Waals surface area contributed by atoms with Crippen LogP contribution in [0.2, 0.25) is 0 Å². The highest BCUT2D eigenvalue weighted by molar-refractivity contribution is 5.27. The second-order valence-corrected chi connectivity index (χ2v) is 6.02. The summed E-state index contributed by atoms with van der Waals surface area (Å²) in [5, 5.41) is 3.51. The molecule has 1 aromatic rings. The zero-order valence-electron chi connectivity index (χ0n) is 14.3. The van der Waals surface area contributed by atoms with E-state index in [1.165, 1.54) is 44.1 Å². The van der Waals surface area contributed by atoms with Crippen molar-refractivity contribution in [2.75, 3.05) is 14.2 Å². The topological polar surface area (TPSA) is 21.3 Å². The van der Waals surface area contributed by atoms with Crippen LogP contribution in [0, 0.1) is 5.92 Å². The van der Waals surface area contributed by atoms with E-state index in [1.54, 1.807) is 7.11 Å². The Morgan fingerprint density at radius 3 is 2.33 bits per heavy atom. The summed E-state index contributed by atoms with van der Waals surface area (Å²) >= 11 is 0. The molecule has 0 fully saturated rings. The van der Waals surface area contributed by atoms with Crippen molar-refractivity contribution in [3.63, 3.8) is 0 Å². The minimum atomic E-state index is 0.633. The van der Waals surface area contributed by atoms with E-state index < -0.39 is 0 Å². The van der Waals surface area contributed by atoms with Gasteiger partial charge in [-0.25, -0.2) is 0 Å². The summed E-state index contributed by atoms with van der Waals surface area (Å²) in [5.41, 5.74) is 1.40. The molecule has 1 N–H and O–H groups in total. The Morgan fingerprint density at radius 1 is 1.10 bits per heavy atom. The molecule has 120 valence electrons. The van der Waals surface area contributed by atoms with Gasteiger partial charge in [0.05, 0.1) is 7.11 Å². The third kappa shape index (κ3) is 6.99. The van der Waals surface area contributed by atoms with Gasteiger partial charge >= 0.3 is 0 Å². The molecule has 0 heterocycles. The molecule has 0 radical (unpaired) electrons. The van der Waals surface area contributed by atoms with E-state index in [0.29, 0.717) is 6.04 Å². The van der Waals surface area contributed by atoms with Crippen LogP contribution in [-0.4, -0.2) is 20.2 Å². The third-order valence-electron chi connectivity index (χ3n) is 4.51. The normalized spacial score (nSPS) is 13.9. The molecule has 0 saturated carbocycles. The zero-order chi connectivity index (χ0) is 15.5. The monoisotopic (exact) mass is 291 g/mol. The van der Waals surface area contributed by atoms with Crippen LogP contribution < -0.4 is 10.1 Å². The number of unbranched alkanes of at least 4 members (excludes halogenated alkanes) is 1. The summed E-state index contributed by atoms with van der Waals surface area (Å²) < 4.78 is 5.21. The molecule has 2 atom stereocenters. The molecule has 0 bridgehead atoms. The molecule has 2 unspecified atom stereocenters. The first-order valence-electron chi connectivity index (χ1n) is 8.53. The molecule has 0 aliphatic carbocycles. The van der Waals surface area contributed by atoms with E-state index in [4.69, 9.17) is 4.74 Å². The van der Waals surface area contributed by atoms with E-state index in [9.17, 15) is 0 Å². The summed E-state index contributed by atoms with van der Waals surface area (Å²) in [7, 11) is 3.82. The maximum absolute atomic E-state index is 5.21. The van der Waals surface area contributed by atoms with E-state index in [1.807, 2.05) is 0 Å². The van der Waals surface area contributed by atoms with Crippen LogP contribution in [-0.2, 0) is 6.42 Å². The van der Waals surface area contributed by atoms with E-state index in [0.717, 1.165) is 18.1 Å². The zero-order valence-corrected chi connectivity index (χ0v) is 14.3. The maximum Gasteiger partial charge on any atom is 0.118 e. The molecule has 0 saturated heterocycles. The lowest BCUT2D eigenvalue weighted by Gasteiger charge is -2.22. The van der Waals surface area contributed by atoms with Crippen molar-refractivity contribution in [2.45, 2.75) is 64.8 Å². The lowest BCUT2D eigenvalue weighted by Crippen LogP contribution is -2.28. The fourth-order valence-corrected chi connectivity index (χ4v) is 2.90. The second kappa shape index (κ2) is 10.7. The molecule has 0 amide bonds. The molecular weight excluding hydrogens is 258 g/mol. The number of methoxy groups -OCH3 is 1. The van der Waals surface area contributed by atoms with E-state index in [-0.39, 0.29) is 0 Å². The van der Waals surface area contributed by atoms with Crippen LogP contribution >= 0.6 is 0 Å². The van der Waals surface area contributed by atoms with Crippen molar-refractivity contribution < 1.29 is 4.74 Å². The van der Waals surface area contributed by atoms with Crippen molar-refractivity contribution in [1.82, 2.24) is 5.32 Å². The Labute approximate surface area is 131 Å². The summed E-state index contributed by atoms with van der Waals surface area (Å²) in [6.45, 7) is 4.61. The highest BCUT2D eigenvalue weighted by atomic mass is 16.5. The molecule has 1 aromatic carbocycles. The van der Waals surface area contributed by atoms with E-state index in [2.05, 4.69) is 50.5 Å². The maximum atomic E-state index is 5.21. The highest BCUT2D eigenvalue weighted by Crippen LogP contribution is 2.21. The second-order valence-electron chi connectivity index (χ2n) is 6.02. The first-order chi connectivity index (χ1) is 10.2. The highest BCUT2D eigenvalue weighted by Gasteiger charge is 2.13. The molecular formula is C19H33NO. The summed E-state index contributed by atoms with van der Waals surface area (Å²) in [6.07, 6.45) is 9.03. The first-order valence-corrected chi connectivity index (χ1v) is 8.53. The van der Waals surface area contributed by atoms with Gasteiger partial charge in [-0.05, 0) is 49.9 Å². The Hall–Kier alpha value is -1.02. The Balaban J connectivity index is 2.41. The molecule has 21 heavy (non-hydrogen) atoms. The van der Waals surface area contributed by atoms with Crippen LogP contribution in [0.4, 0.5) is 0 Å². The summed E-state index contributed by atoms with van der Waals surface area (Å²) in [4.78, 5) is 0. The summed E-state index contributed by atoms with van der Waals surface area (Å²) in [6, 6.07) is 9.10. The number of rotatable bonds is 11. The third-order valence-corrected chi connectivity index (χ3v) is 4.51. The van der Waals surface area contributed by atoms with Crippen molar-refractivity contribution in [2.24, 2.45) is 5.92 Å². The first kappa shape index (κ1) is 18.0. The lowest BCUT2D eigenvalue weighted by atomic mass is 9.90. The van der Waals surface area contributed by atoms with Crippen LogP contribution in [0.25, 0.3) is 0 Å². The fourth-order valence-electron chi connectivity index (χ4n) is 2.90. The van der Waals surface area contributed by atoms with Crippen LogP contribution in [0.3, 0.4) is 0 Å². The number of aryl methyl sites for hydroxylation is 1. The molecule has 2 nitrogen and oxygen atoms in total. The molecule has 0 aliphatic heterocycles. The molecule has 2 heteroatoms. The van der Waals surface area contributed by atoms with Gasteiger partial charge in [-0.15, -0.1) is 0 Å². The Kier molecular flexibility index (Phi) is 9.16. The van der Waals surface area contributed by atoms with E-state index >= 15 is 0 Å².